The number of benzene rings is 2. The smallest absolute Gasteiger partial charge is 0.231 e. The van der Waals surface area contributed by atoms with Crippen molar-refractivity contribution in [1.29, 1.82) is 0 Å². The molecule has 0 fully saturated rings. The third-order valence-electron chi connectivity index (χ3n) is 3.33. The zero-order valence-corrected chi connectivity index (χ0v) is 12.1. The largest absolute Gasteiger partial charge is 0.493 e. The Kier molecular flexibility index (Phi) is 3.17. The third kappa shape index (κ3) is 2.16. The maximum absolute atomic E-state index is 5.88. The molecule has 5 heteroatoms. The predicted molar refractivity (Wildman–Crippen MR) is 81.7 cm³/mol. The van der Waals surface area contributed by atoms with Crippen molar-refractivity contribution in [1.82, 2.24) is 4.98 Å². The molecule has 0 saturated heterocycles. The minimum atomic E-state index is 0.481. The molecule has 0 unspecified atom stereocenters. The second-order valence-corrected chi connectivity index (χ2v) is 4.75. The number of nitrogen functional groups attached to an aromatic ring is 1. The van der Waals surface area contributed by atoms with Crippen molar-refractivity contribution in [2.45, 2.75) is 6.92 Å². The van der Waals surface area contributed by atoms with Gasteiger partial charge in [0.05, 0.1) is 19.8 Å². The lowest BCUT2D eigenvalue weighted by Crippen LogP contribution is -1.93. The lowest BCUT2D eigenvalue weighted by atomic mass is 10.2. The number of hydrogen-bond donors (Lipinski definition) is 1. The molecule has 0 amide bonds. The first kappa shape index (κ1) is 13.3. The van der Waals surface area contributed by atoms with Gasteiger partial charge in [-0.2, -0.15) is 0 Å². The van der Waals surface area contributed by atoms with E-state index in [1.807, 2.05) is 31.2 Å². The first-order chi connectivity index (χ1) is 10.1. The van der Waals surface area contributed by atoms with E-state index >= 15 is 0 Å². The quantitative estimate of drug-likeness (QED) is 0.746. The molecule has 21 heavy (non-hydrogen) atoms. The number of para-hydroxylation sites is 1. The Hall–Kier alpha value is -2.69. The lowest BCUT2D eigenvalue weighted by molar-refractivity contribution is 0.355. The van der Waals surface area contributed by atoms with E-state index in [1.54, 1.807) is 20.3 Å². The van der Waals surface area contributed by atoms with Crippen molar-refractivity contribution < 1.29 is 13.9 Å². The molecule has 0 aliphatic carbocycles. The van der Waals surface area contributed by atoms with Crippen LogP contribution in [0.3, 0.4) is 0 Å². The number of methoxy groups -OCH3 is 2. The van der Waals surface area contributed by atoms with Gasteiger partial charge in [0, 0.05) is 5.69 Å². The Balaban J connectivity index is 2.23. The van der Waals surface area contributed by atoms with Crippen molar-refractivity contribution in [3.05, 3.63) is 35.9 Å². The maximum atomic E-state index is 5.88. The van der Waals surface area contributed by atoms with Crippen LogP contribution in [0, 0.1) is 6.92 Å². The number of ether oxygens (including phenoxy) is 2. The van der Waals surface area contributed by atoms with Crippen molar-refractivity contribution in [2.24, 2.45) is 0 Å². The molecule has 0 atom stereocenters. The number of anilines is 1. The highest BCUT2D eigenvalue weighted by Gasteiger charge is 2.17. The summed E-state index contributed by atoms with van der Waals surface area (Å²) in [6.45, 7) is 1.94. The van der Waals surface area contributed by atoms with E-state index in [-0.39, 0.29) is 0 Å². The molecule has 3 rings (SSSR count). The average molecular weight is 284 g/mol. The van der Waals surface area contributed by atoms with Gasteiger partial charge >= 0.3 is 0 Å². The zero-order valence-electron chi connectivity index (χ0n) is 12.1. The number of rotatable bonds is 3. The average Bonchev–Trinajstić information content (AvgIpc) is 2.90. The Morgan fingerprint density at radius 3 is 2.67 bits per heavy atom. The van der Waals surface area contributed by atoms with Crippen LogP contribution < -0.4 is 15.2 Å². The van der Waals surface area contributed by atoms with E-state index in [9.17, 15) is 0 Å². The van der Waals surface area contributed by atoms with Crippen LogP contribution in [0.25, 0.3) is 22.6 Å². The van der Waals surface area contributed by atoms with Gasteiger partial charge in [-0.25, -0.2) is 4.98 Å². The summed E-state index contributed by atoms with van der Waals surface area (Å²) in [6, 6.07) is 9.23. The van der Waals surface area contributed by atoms with Crippen LogP contribution in [0.1, 0.15) is 5.56 Å². The SMILES string of the molecule is COc1cccc(-c2nc3cc(N)cc(C)c3o2)c1OC. The maximum Gasteiger partial charge on any atom is 0.231 e. The molecule has 2 N–H and O–H groups in total. The van der Waals surface area contributed by atoms with Crippen LogP contribution in [0.2, 0.25) is 0 Å². The second kappa shape index (κ2) is 5.01. The summed E-state index contributed by atoms with van der Waals surface area (Å²) in [6.07, 6.45) is 0. The van der Waals surface area contributed by atoms with Crippen molar-refractivity contribution in [3.8, 4) is 23.0 Å². The topological polar surface area (TPSA) is 70.5 Å². The summed E-state index contributed by atoms with van der Waals surface area (Å²) in [5.41, 5.74) is 9.66. The molecule has 1 heterocycles. The highest BCUT2D eigenvalue weighted by atomic mass is 16.5. The van der Waals surface area contributed by atoms with Crippen LogP contribution in [0.5, 0.6) is 11.5 Å². The van der Waals surface area contributed by atoms with Crippen LogP contribution >= 0.6 is 0 Å². The van der Waals surface area contributed by atoms with Gasteiger partial charge in [-0.1, -0.05) is 6.07 Å². The Labute approximate surface area is 122 Å². The van der Waals surface area contributed by atoms with Gasteiger partial charge in [0.15, 0.2) is 17.1 Å². The van der Waals surface area contributed by atoms with E-state index in [4.69, 9.17) is 19.6 Å². The van der Waals surface area contributed by atoms with Gasteiger partial charge in [0.25, 0.3) is 0 Å². The summed E-state index contributed by atoms with van der Waals surface area (Å²) in [5, 5.41) is 0. The fourth-order valence-electron chi connectivity index (χ4n) is 2.40. The Bertz CT molecular complexity index is 809. The predicted octanol–water partition coefficient (Wildman–Crippen LogP) is 3.40. The molecule has 0 aliphatic rings. The standard InChI is InChI=1S/C16H16N2O3/c1-9-7-10(17)8-12-14(9)21-16(18-12)11-5-4-6-13(19-2)15(11)20-3/h4-8H,17H2,1-3H3. The van der Waals surface area contributed by atoms with Crippen LogP contribution in [0.15, 0.2) is 34.7 Å². The highest BCUT2D eigenvalue weighted by molar-refractivity contribution is 5.83. The number of aryl methyl sites for hydroxylation is 1. The minimum Gasteiger partial charge on any atom is -0.493 e. The lowest BCUT2D eigenvalue weighted by Gasteiger charge is -2.09. The van der Waals surface area contributed by atoms with Crippen molar-refractivity contribution in [2.75, 3.05) is 20.0 Å². The van der Waals surface area contributed by atoms with Crippen molar-refractivity contribution >= 4 is 16.8 Å². The van der Waals surface area contributed by atoms with Gasteiger partial charge in [0.1, 0.15) is 5.52 Å². The summed E-state index contributed by atoms with van der Waals surface area (Å²) >= 11 is 0. The highest BCUT2D eigenvalue weighted by Crippen LogP contribution is 2.39. The zero-order chi connectivity index (χ0) is 15.0. The molecule has 108 valence electrons. The molecule has 5 nitrogen and oxygen atoms in total. The summed E-state index contributed by atoms with van der Waals surface area (Å²) in [7, 11) is 3.19. The van der Waals surface area contributed by atoms with E-state index in [1.165, 1.54) is 0 Å². The number of oxazole rings is 1. The van der Waals surface area contributed by atoms with Gasteiger partial charge in [-0.15, -0.1) is 0 Å². The molecule has 2 aromatic carbocycles. The number of nitrogens with zero attached hydrogens (tertiary/aromatic N) is 1. The molecule has 0 aliphatic heterocycles. The van der Waals surface area contributed by atoms with Crippen LogP contribution in [-0.4, -0.2) is 19.2 Å². The Morgan fingerprint density at radius 2 is 1.95 bits per heavy atom. The fourth-order valence-corrected chi connectivity index (χ4v) is 2.40. The molecule has 0 saturated carbocycles. The van der Waals surface area contributed by atoms with E-state index in [0.717, 1.165) is 22.2 Å². The van der Waals surface area contributed by atoms with Gasteiger partial charge in [0.2, 0.25) is 5.89 Å². The number of fused-ring (bicyclic) bond motifs is 1. The minimum absolute atomic E-state index is 0.481. The molecular formula is C16H16N2O3. The monoisotopic (exact) mass is 284 g/mol. The van der Waals surface area contributed by atoms with Crippen LogP contribution in [0.4, 0.5) is 5.69 Å². The van der Waals surface area contributed by atoms with E-state index < -0.39 is 0 Å². The van der Waals surface area contributed by atoms with E-state index in [0.29, 0.717) is 23.1 Å². The number of aromatic nitrogens is 1. The molecule has 0 spiro atoms. The fraction of sp³-hybridized carbons (Fsp3) is 0.188. The first-order valence-corrected chi connectivity index (χ1v) is 6.52. The van der Waals surface area contributed by atoms with E-state index in [2.05, 4.69) is 4.98 Å². The van der Waals surface area contributed by atoms with Crippen LogP contribution in [-0.2, 0) is 0 Å². The van der Waals surface area contributed by atoms with Gasteiger partial charge in [-0.05, 0) is 36.8 Å². The molecule has 0 radical (unpaired) electrons. The van der Waals surface area contributed by atoms with Gasteiger partial charge in [-0.3, -0.25) is 0 Å². The number of nitrogens with two attached hydrogens (primary N) is 1. The Morgan fingerprint density at radius 1 is 1.14 bits per heavy atom. The summed E-state index contributed by atoms with van der Waals surface area (Å²) < 4.78 is 16.6. The molecule has 3 aromatic rings. The summed E-state index contributed by atoms with van der Waals surface area (Å²) in [4.78, 5) is 4.51. The second-order valence-electron chi connectivity index (χ2n) is 4.75. The molecule has 1 aromatic heterocycles. The van der Waals surface area contributed by atoms with Gasteiger partial charge < -0.3 is 19.6 Å². The number of hydrogen-bond acceptors (Lipinski definition) is 5. The first-order valence-electron chi connectivity index (χ1n) is 6.52. The molecular weight excluding hydrogens is 268 g/mol. The normalized spacial score (nSPS) is 10.8. The molecule has 0 bridgehead atoms. The third-order valence-corrected chi connectivity index (χ3v) is 3.33. The van der Waals surface area contributed by atoms with Crippen molar-refractivity contribution in [3.63, 3.8) is 0 Å². The summed E-state index contributed by atoms with van der Waals surface area (Å²) in [5.74, 6) is 1.71.